The first-order valence-corrected chi connectivity index (χ1v) is 7.51. The fourth-order valence-electron chi connectivity index (χ4n) is 2.18. The first kappa shape index (κ1) is 16.6. The van der Waals surface area contributed by atoms with Gasteiger partial charge in [-0.3, -0.25) is 9.78 Å². The lowest BCUT2D eigenvalue weighted by atomic mass is 10.2. The van der Waals surface area contributed by atoms with Crippen LogP contribution in [0.1, 0.15) is 16.1 Å². The van der Waals surface area contributed by atoms with Crippen molar-refractivity contribution in [3.05, 3.63) is 89.8 Å². The molecule has 0 saturated carbocycles. The van der Waals surface area contributed by atoms with Crippen molar-refractivity contribution in [3.63, 3.8) is 0 Å². The van der Waals surface area contributed by atoms with E-state index in [1.54, 1.807) is 30.5 Å². The second kappa shape index (κ2) is 7.53. The normalized spacial score (nSPS) is 10.3. The minimum atomic E-state index is -0.917. The Kier molecular flexibility index (Phi) is 4.99. The molecule has 0 bridgehead atoms. The Morgan fingerprint density at radius 3 is 2.68 bits per heavy atom. The van der Waals surface area contributed by atoms with Crippen molar-refractivity contribution < 1.29 is 18.3 Å². The zero-order valence-electron chi connectivity index (χ0n) is 13.1. The van der Waals surface area contributed by atoms with Gasteiger partial charge in [-0.25, -0.2) is 8.78 Å². The zero-order valence-corrected chi connectivity index (χ0v) is 13.1. The summed E-state index contributed by atoms with van der Waals surface area (Å²) in [4.78, 5) is 16.3. The third-order valence-corrected chi connectivity index (χ3v) is 3.38. The molecule has 1 amide bonds. The van der Waals surface area contributed by atoms with Gasteiger partial charge in [-0.1, -0.05) is 12.1 Å². The zero-order chi connectivity index (χ0) is 17.6. The number of amides is 1. The molecule has 126 valence electrons. The third kappa shape index (κ3) is 4.38. The van der Waals surface area contributed by atoms with Crippen LogP contribution in [0, 0.1) is 11.6 Å². The summed E-state index contributed by atoms with van der Waals surface area (Å²) in [6.45, 7) is 0.283. The van der Waals surface area contributed by atoms with Gasteiger partial charge in [0.1, 0.15) is 24.0 Å². The molecule has 0 atom stereocenters. The van der Waals surface area contributed by atoms with Crippen molar-refractivity contribution in [2.24, 2.45) is 0 Å². The van der Waals surface area contributed by atoms with Gasteiger partial charge < -0.3 is 10.1 Å². The standard InChI is InChI=1S/C19H14F2N2O2/c20-13-7-8-17(18(21)10-13)19(24)23-14-5-3-6-16(11-14)25-12-15-4-1-2-9-22-15/h1-11H,12H2,(H,23,24). The van der Waals surface area contributed by atoms with Gasteiger partial charge in [-0.05, 0) is 36.4 Å². The van der Waals surface area contributed by atoms with Crippen LogP contribution in [0.5, 0.6) is 5.75 Å². The minimum Gasteiger partial charge on any atom is -0.487 e. The highest BCUT2D eigenvalue weighted by Gasteiger charge is 2.13. The Bertz CT molecular complexity index is 886. The van der Waals surface area contributed by atoms with Crippen LogP contribution in [0.4, 0.5) is 14.5 Å². The van der Waals surface area contributed by atoms with Gasteiger partial charge in [0.25, 0.3) is 5.91 Å². The van der Waals surface area contributed by atoms with E-state index in [0.717, 1.165) is 17.8 Å². The van der Waals surface area contributed by atoms with Crippen LogP contribution in [0.2, 0.25) is 0 Å². The van der Waals surface area contributed by atoms with E-state index >= 15 is 0 Å². The molecule has 2 aromatic carbocycles. The second-order valence-corrected chi connectivity index (χ2v) is 5.22. The fraction of sp³-hybridized carbons (Fsp3) is 0.0526. The van der Waals surface area contributed by atoms with E-state index < -0.39 is 17.5 Å². The monoisotopic (exact) mass is 340 g/mol. The van der Waals surface area contributed by atoms with Crippen LogP contribution in [0.25, 0.3) is 0 Å². The second-order valence-electron chi connectivity index (χ2n) is 5.22. The molecule has 0 unspecified atom stereocenters. The lowest BCUT2D eigenvalue weighted by molar-refractivity contribution is 0.102. The van der Waals surface area contributed by atoms with Crippen molar-refractivity contribution >= 4 is 11.6 Å². The summed E-state index contributed by atoms with van der Waals surface area (Å²) in [5, 5.41) is 2.56. The van der Waals surface area contributed by atoms with Gasteiger partial charge in [0.2, 0.25) is 0 Å². The van der Waals surface area contributed by atoms with Crippen LogP contribution in [-0.2, 0) is 6.61 Å². The van der Waals surface area contributed by atoms with Crippen molar-refractivity contribution in [3.8, 4) is 5.75 Å². The average Bonchev–Trinajstić information content (AvgIpc) is 2.61. The van der Waals surface area contributed by atoms with E-state index in [1.165, 1.54) is 0 Å². The number of ether oxygens (including phenoxy) is 1. The molecule has 0 aliphatic rings. The molecular weight excluding hydrogens is 326 g/mol. The molecule has 3 aromatic rings. The molecule has 0 radical (unpaired) electrons. The molecule has 25 heavy (non-hydrogen) atoms. The van der Waals surface area contributed by atoms with Gasteiger partial charge in [0.15, 0.2) is 0 Å². The van der Waals surface area contributed by atoms with Crippen LogP contribution in [-0.4, -0.2) is 10.9 Å². The molecule has 6 heteroatoms. The van der Waals surface area contributed by atoms with E-state index in [2.05, 4.69) is 10.3 Å². The number of hydrogen-bond acceptors (Lipinski definition) is 3. The van der Waals surface area contributed by atoms with Gasteiger partial charge in [0.05, 0.1) is 11.3 Å². The van der Waals surface area contributed by atoms with Crippen molar-refractivity contribution in [2.75, 3.05) is 5.32 Å². The van der Waals surface area contributed by atoms with Gasteiger partial charge in [-0.15, -0.1) is 0 Å². The number of anilines is 1. The van der Waals surface area contributed by atoms with Crippen LogP contribution >= 0.6 is 0 Å². The highest BCUT2D eigenvalue weighted by molar-refractivity contribution is 6.04. The van der Waals surface area contributed by atoms with Gasteiger partial charge in [-0.2, -0.15) is 0 Å². The summed E-state index contributed by atoms with van der Waals surface area (Å²) in [7, 11) is 0. The molecule has 1 heterocycles. The Morgan fingerprint density at radius 2 is 1.92 bits per heavy atom. The van der Waals surface area contributed by atoms with Crippen LogP contribution < -0.4 is 10.1 Å². The molecule has 0 aliphatic carbocycles. The quantitative estimate of drug-likeness (QED) is 0.758. The lowest BCUT2D eigenvalue weighted by Gasteiger charge is -2.09. The number of pyridine rings is 1. The average molecular weight is 340 g/mol. The number of nitrogens with one attached hydrogen (secondary N) is 1. The van der Waals surface area contributed by atoms with Crippen LogP contribution in [0.3, 0.4) is 0 Å². The Morgan fingerprint density at radius 1 is 1.04 bits per heavy atom. The summed E-state index contributed by atoms with van der Waals surface area (Å²) < 4.78 is 32.2. The fourth-order valence-corrected chi connectivity index (χ4v) is 2.18. The topological polar surface area (TPSA) is 51.2 Å². The number of halogens is 2. The predicted octanol–water partition coefficient (Wildman–Crippen LogP) is 4.19. The maximum Gasteiger partial charge on any atom is 0.258 e. The minimum absolute atomic E-state index is 0.235. The van der Waals surface area contributed by atoms with E-state index in [1.807, 2.05) is 18.2 Å². The molecule has 3 rings (SSSR count). The summed E-state index contributed by atoms with van der Waals surface area (Å²) in [6.07, 6.45) is 1.67. The molecule has 0 spiro atoms. The Labute approximate surface area is 143 Å². The van der Waals surface area contributed by atoms with E-state index in [4.69, 9.17) is 4.74 Å². The molecule has 4 nitrogen and oxygen atoms in total. The molecule has 0 fully saturated rings. The van der Waals surface area contributed by atoms with Crippen molar-refractivity contribution in [1.29, 1.82) is 0 Å². The molecule has 1 aromatic heterocycles. The summed E-state index contributed by atoms with van der Waals surface area (Å²) >= 11 is 0. The largest absolute Gasteiger partial charge is 0.487 e. The Balaban J connectivity index is 1.68. The number of benzene rings is 2. The number of carbonyl (C=O) groups excluding carboxylic acids is 1. The first-order valence-electron chi connectivity index (χ1n) is 7.51. The summed E-state index contributed by atoms with van der Waals surface area (Å²) in [6, 6.07) is 15.0. The molecule has 0 saturated heterocycles. The maximum absolute atomic E-state index is 13.7. The van der Waals surface area contributed by atoms with Crippen LogP contribution in [0.15, 0.2) is 66.9 Å². The highest BCUT2D eigenvalue weighted by atomic mass is 19.1. The SMILES string of the molecule is O=C(Nc1cccc(OCc2ccccn2)c1)c1ccc(F)cc1F. The highest BCUT2D eigenvalue weighted by Crippen LogP contribution is 2.20. The summed E-state index contributed by atoms with van der Waals surface area (Å²) in [5.74, 6) is -1.79. The number of carbonyl (C=O) groups is 1. The first-order chi connectivity index (χ1) is 12.1. The van der Waals surface area contributed by atoms with Gasteiger partial charge >= 0.3 is 0 Å². The predicted molar refractivity (Wildman–Crippen MR) is 89.3 cm³/mol. The number of rotatable bonds is 5. The smallest absolute Gasteiger partial charge is 0.258 e. The van der Waals surface area contributed by atoms with Crippen molar-refractivity contribution in [1.82, 2.24) is 4.98 Å². The van der Waals surface area contributed by atoms with Crippen molar-refractivity contribution in [2.45, 2.75) is 6.61 Å². The number of aromatic nitrogens is 1. The number of nitrogens with zero attached hydrogens (tertiary/aromatic N) is 1. The molecular formula is C19H14F2N2O2. The third-order valence-electron chi connectivity index (χ3n) is 3.38. The lowest BCUT2D eigenvalue weighted by Crippen LogP contribution is -2.14. The summed E-state index contributed by atoms with van der Waals surface area (Å²) in [5.41, 5.74) is 0.971. The van der Waals surface area contributed by atoms with Gasteiger partial charge in [0, 0.05) is 24.0 Å². The maximum atomic E-state index is 13.7. The van der Waals surface area contributed by atoms with E-state index in [9.17, 15) is 13.6 Å². The van der Waals surface area contributed by atoms with E-state index in [0.29, 0.717) is 17.5 Å². The molecule has 1 N–H and O–H groups in total. The Hall–Kier alpha value is -3.28. The number of hydrogen-bond donors (Lipinski definition) is 1. The molecule has 0 aliphatic heterocycles. The van der Waals surface area contributed by atoms with E-state index in [-0.39, 0.29) is 12.2 Å².